The normalized spacial score (nSPS) is 29.9. The average Bonchev–Trinajstić information content (AvgIpc) is 2.41. The van der Waals surface area contributed by atoms with Crippen molar-refractivity contribution >= 4 is 30.1 Å². The molecule has 1 heterocycles. The molecule has 106 valence electrons. The van der Waals surface area contributed by atoms with Gasteiger partial charge in [-0.3, -0.25) is 4.79 Å². The number of nitrogens with one attached hydrogen (secondary N) is 1. The third-order valence-electron chi connectivity index (χ3n) is 3.95. The molecule has 20 heavy (non-hydrogen) atoms. The molecule has 2 atom stereocenters. The van der Waals surface area contributed by atoms with Gasteiger partial charge in [-0.15, -0.1) is 12.4 Å². The smallest absolute Gasteiger partial charge is 0.308 e. The molecule has 2 aliphatic rings. The van der Waals surface area contributed by atoms with Crippen molar-refractivity contribution in [1.82, 2.24) is 5.32 Å². The molecule has 1 fully saturated rings. The van der Waals surface area contributed by atoms with E-state index in [1.165, 1.54) is 16.1 Å². The quantitative estimate of drug-likeness (QED) is 0.819. The summed E-state index contributed by atoms with van der Waals surface area (Å²) in [5.41, 5.74) is 1.20. The second kappa shape index (κ2) is 6.14. The summed E-state index contributed by atoms with van der Waals surface area (Å²) < 4.78 is 0. The van der Waals surface area contributed by atoms with E-state index in [0.717, 1.165) is 12.8 Å². The Bertz CT molecular complexity index is 651. The van der Waals surface area contributed by atoms with E-state index < -0.39 is 5.97 Å². The van der Waals surface area contributed by atoms with Crippen LogP contribution in [0.2, 0.25) is 0 Å². The van der Waals surface area contributed by atoms with E-state index >= 15 is 0 Å². The molecule has 2 N–H and O–H groups in total. The zero-order valence-electron chi connectivity index (χ0n) is 11.1. The van der Waals surface area contributed by atoms with Crippen LogP contribution in [0.5, 0.6) is 0 Å². The van der Waals surface area contributed by atoms with Gasteiger partial charge in [0.25, 0.3) is 0 Å². The molecule has 3 nitrogen and oxygen atoms in total. The van der Waals surface area contributed by atoms with E-state index in [2.05, 4.69) is 35.7 Å². The van der Waals surface area contributed by atoms with Gasteiger partial charge in [0.15, 0.2) is 0 Å². The Hall–Kier alpha value is -1.74. The second-order valence-electron chi connectivity index (χ2n) is 5.18. The molecule has 0 radical (unpaired) electrons. The second-order valence-corrected chi connectivity index (χ2v) is 5.18. The van der Waals surface area contributed by atoms with Crippen LogP contribution < -0.4 is 15.8 Å². The summed E-state index contributed by atoms with van der Waals surface area (Å²) in [7, 11) is 0. The van der Waals surface area contributed by atoms with Crippen LogP contribution in [0, 0.1) is 11.8 Å². The molecule has 1 aliphatic heterocycles. The van der Waals surface area contributed by atoms with Crippen molar-refractivity contribution in [2.45, 2.75) is 12.8 Å². The minimum absolute atomic E-state index is 0. The van der Waals surface area contributed by atoms with Crippen LogP contribution in [0.1, 0.15) is 12.8 Å². The van der Waals surface area contributed by atoms with Crippen LogP contribution in [0.3, 0.4) is 0 Å². The van der Waals surface area contributed by atoms with Crippen molar-refractivity contribution in [3.05, 3.63) is 46.9 Å². The molecule has 3 rings (SSSR count). The minimum atomic E-state index is -0.697. The molecule has 1 aromatic carbocycles. The lowest BCUT2D eigenvalue weighted by Gasteiger charge is -2.31. The molecule has 0 saturated carbocycles. The van der Waals surface area contributed by atoms with Gasteiger partial charge in [-0.2, -0.15) is 0 Å². The summed E-state index contributed by atoms with van der Waals surface area (Å²) >= 11 is 0. The molecule has 0 aromatic heterocycles. The highest BCUT2D eigenvalue weighted by atomic mass is 35.5. The molecule has 1 saturated heterocycles. The van der Waals surface area contributed by atoms with Gasteiger partial charge in [0.05, 0.1) is 5.92 Å². The van der Waals surface area contributed by atoms with Crippen LogP contribution in [0.25, 0.3) is 11.8 Å². The number of carboxylic acid groups (broad SMARTS) is 1. The van der Waals surface area contributed by atoms with Gasteiger partial charge in [-0.25, -0.2) is 0 Å². The first-order valence-electron chi connectivity index (χ1n) is 6.68. The predicted molar refractivity (Wildman–Crippen MR) is 81.8 cm³/mol. The first-order chi connectivity index (χ1) is 9.25. The van der Waals surface area contributed by atoms with E-state index in [1.807, 2.05) is 12.1 Å². The number of piperidine rings is 1. The van der Waals surface area contributed by atoms with E-state index in [0.29, 0.717) is 6.54 Å². The Morgan fingerprint density at radius 3 is 2.90 bits per heavy atom. The predicted octanol–water partition coefficient (Wildman–Crippen LogP) is 1.27. The summed E-state index contributed by atoms with van der Waals surface area (Å²) in [6.45, 7) is 0.527. The van der Waals surface area contributed by atoms with Crippen molar-refractivity contribution in [3.63, 3.8) is 0 Å². The summed E-state index contributed by atoms with van der Waals surface area (Å²) in [6.07, 6.45) is 7.93. The highest BCUT2D eigenvalue weighted by molar-refractivity contribution is 5.85. The SMILES string of the molecule is Cl.O=C(O)C1CN\C2=c3/cccc/c3=C/C=C\CC2C1. The fourth-order valence-electron chi connectivity index (χ4n) is 2.94. The maximum absolute atomic E-state index is 11.2. The molecular weight excluding hydrogens is 274 g/mol. The summed E-state index contributed by atoms with van der Waals surface area (Å²) in [5, 5.41) is 14.9. The molecular formula is C16H18ClNO2. The van der Waals surface area contributed by atoms with E-state index in [1.54, 1.807) is 0 Å². The Morgan fingerprint density at radius 2 is 2.10 bits per heavy atom. The molecule has 1 aliphatic carbocycles. The monoisotopic (exact) mass is 291 g/mol. The van der Waals surface area contributed by atoms with E-state index in [9.17, 15) is 9.90 Å². The maximum Gasteiger partial charge on any atom is 0.308 e. The van der Waals surface area contributed by atoms with Crippen LogP contribution in [0.15, 0.2) is 36.4 Å². The third-order valence-corrected chi connectivity index (χ3v) is 3.95. The average molecular weight is 292 g/mol. The zero-order valence-corrected chi connectivity index (χ0v) is 11.9. The lowest BCUT2D eigenvalue weighted by molar-refractivity contribution is -0.142. The van der Waals surface area contributed by atoms with Crippen molar-refractivity contribution in [2.75, 3.05) is 6.54 Å². The highest BCUT2D eigenvalue weighted by Gasteiger charge is 2.29. The van der Waals surface area contributed by atoms with Crippen LogP contribution in [-0.4, -0.2) is 17.6 Å². The van der Waals surface area contributed by atoms with Gasteiger partial charge in [-0.05, 0) is 18.1 Å². The first kappa shape index (κ1) is 14.7. The van der Waals surface area contributed by atoms with Crippen molar-refractivity contribution in [1.29, 1.82) is 0 Å². The van der Waals surface area contributed by atoms with Crippen LogP contribution in [0.4, 0.5) is 0 Å². The number of aliphatic carboxylic acids is 1. The fourth-order valence-corrected chi connectivity index (χ4v) is 2.94. The van der Waals surface area contributed by atoms with Gasteiger partial charge >= 0.3 is 5.97 Å². The number of hydrogen-bond donors (Lipinski definition) is 2. The number of rotatable bonds is 1. The van der Waals surface area contributed by atoms with Gasteiger partial charge in [0, 0.05) is 23.4 Å². The van der Waals surface area contributed by atoms with Crippen molar-refractivity contribution in [2.24, 2.45) is 11.8 Å². The summed E-state index contributed by atoms with van der Waals surface area (Å²) in [4.78, 5) is 11.2. The van der Waals surface area contributed by atoms with Gasteiger partial charge in [-0.1, -0.05) is 42.5 Å². The zero-order chi connectivity index (χ0) is 13.2. The molecule has 1 aromatic rings. The largest absolute Gasteiger partial charge is 0.481 e. The minimum Gasteiger partial charge on any atom is -0.481 e. The number of hydrogen-bond acceptors (Lipinski definition) is 2. The molecule has 2 unspecified atom stereocenters. The number of fused-ring (bicyclic) bond motifs is 2. The Morgan fingerprint density at radius 1 is 1.30 bits per heavy atom. The van der Waals surface area contributed by atoms with Gasteiger partial charge in [0.2, 0.25) is 0 Å². The fraction of sp³-hybridized carbons (Fsp3) is 0.312. The van der Waals surface area contributed by atoms with E-state index in [4.69, 9.17) is 0 Å². The lowest BCUT2D eigenvalue weighted by atomic mass is 9.84. The van der Waals surface area contributed by atoms with Crippen molar-refractivity contribution < 1.29 is 9.90 Å². The Balaban J connectivity index is 0.00000147. The molecule has 4 heteroatoms. The molecule has 0 spiro atoms. The third kappa shape index (κ3) is 2.73. The number of halogens is 1. The van der Waals surface area contributed by atoms with Crippen LogP contribution >= 0.6 is 12.4 Å². The van der Waals surface area contributed by atoms with E-state index in [-0.39, 0.29) is 24.2 Å². The van der Waals surface area contributed by atoms with Gasteiger partial charge in [0.1, 0.15) is 0 Å². The van der Waals surface area contributed by atoms with Crippen molar-refractivity contribution in [3.8, 4) is 0 Å². The Kier molecular flexibility index (Phi) is 4.50. The molecule has 0 amide bonds. The summed E-state index contributed by atoms with van der Waals surface area (Å²) in [5.74, 6) is -0.698. The van der Waals surface area contributed by atoms with Gasteiger partial charge < -0.3 is 10.4 Å². The maximum atomic E-state index is 11.2. The summed E-state index contributed by atoms with van der Waals surface area (Å²) in [6, 6.07) is 8.28. The van der Waals surface area contributed by atoms with Crippen LogP contribution in [-0.2, 0) is 4.79 Å². The topological polar surface area (TPSA) is 49.3 Å². The number of carbonyl (C=O) groups is 1. The standard InChI is InChI=1S/C16H17NO2.ClH/c18-16(19)13-9-12-7-2-1-5-11-6-3-4-8-14(11)15(12)17-10-13;/h1-6,8,12-13,17H,7,9-10H2,(H,18,19);1H/b2-1-,11-5-,15-14+;. The first-order valence-corrected chi connectivity index (χ1v) is 6.68. The lowest BCUT2D eigenvalue weighted by Crippen LogP contribution is -2.43. The highest BCUT2D eigenvalue weighted by Crippen LogP contribution is 2.27. The molecule has 0 bridgehead atoms. The number of allylic oxidation sites excluding steroid dienone is 2. The number of benzene rings is 1. The Labute approximate surface area is 124 Å². The number of carboxylic acids is 1.